The number of aliphatic imine (C=N–C) groups is 2. The molecule has 200 valence electrons. The second-order valence-corrected chi connectivity index (χ2v) is 8.83. The third kappa shape index (κ3) is 6.65. The number of H-pyrrole nitrogens is 2. The molecule has 0 atom stereocenters. The van der Waals surface area contributed by atoms with Crippen molar-refractivity contribution in [1.29, 1.82) is 0 Å². The Morgan fingerprint density at radius 2 is 2.11 bits per heavy atom. The van der Waals surface area contributed by atoms with Gasteiger partial charge in [-0.05, 0) is 44.8 Å². The molecule has 11 nitrogen and oxygen atoms in total. The van der Waals surface area contributed by atoms with Crippen molar-refractivity contribution in [3.8, 4) is 5.75 Å². The van der Waals surface area contributed by atoms with E-state index in [1.54, 1.807) is 24.3 Å². The number of halogens is 1. The predicted molar refractivity (Wildman–Crippen MR) is 148 cm³/mol. The highest BCUT2D eigenvalue weighted by Gasteiger charge is 2.20. The Bertz CT molecular complexity index is 1380. The lowest BCUT2D eigenvalue weighted by molar-refractivity contribution is -0.119. The van der Waals surface area contributed by atoms with E-state index in [1.807, 2.05) is 41.9 Å². The molecule has 3 heterocycles. The topological polar surface area (TPSA) is 140 Å². The minimum Gasteiger partial charge on any atom is -0.468 e. The second-order valence-electron chi connectivity index (χ2n) is 8.83. The van der Waals surface area contributed by atoms with Crippen LogP contribution in [0.1, 0.15) is 18.3 Å². The number of aromatic amines is 2. The average Bonchev–Trinajstić information content (AvgIpc) is 3.50. The summed E-state index contributed by atoms with van der Waals surface area (Å²) >= 11 is 0. The summed E-state index contributed by atoms with van der Waals surface area (Å²) < 4.78 is 20.7. The number of carbonyl (C=O) groups is 1. The number of rotatable bonds is 10. The number of benzene rings is 1. The van der Waals surface area contributed by atoms with Crippen molar-refractivity contribution >= 4 is 41.3 Å². The van der Waals surface area contributed by atoms with E-state index < -0.39 is 5.82 Å². The van der Waals surface area contributed by atoms with Crippen molar-refractivity contribution < 1.29 is 13.9 Å². The third-order valence-corrected chi connectivity index (χ3v) is 6.00. The summed E-state index contributed by atoms with van der Waals surface area (Å²) in [6, 6.07) is 6.94. The number of anilines is 1. The molecule has 3 aromatic rings. The number of hydrogen-bond donors (Lipinski definition) is 4. The first-order valence-corrected chi connectivity index (χ1v) is 12.2. The van der Waals surface area contributed by atoms with Gasteiger partial charge >= 0.3 is 0 Å². The van der Waals surface area contributed by atoms with Crippen LogP contribution in [-0.2, 0) is 4.79 Å². The van der Waals surface area contributed by atoms with Gasteiger partial charge in [0.15, 0.2) is 24.1 Å². The van der Waals surface area contributed by atoms with E-state index in [1.165, 1.54) is 0 Å². The Balaban J connectivity index is 1.53. The second kappa shape index (κ2) is 12.2. The first-order chi connectivity index (χ1) is 18.4. The van der Waals surface area contributed by atoms with Gasteiger partial charge in [0, 0.05) is 54.9 Å². The Morgan fingerprint density at radius 1 is 1.32 bits per heavy atom. The van der Waals surface area contributed by atoms with E-state index in [-0.39, 0.29) is 24.9 Å². The number of nitrogens with two attached hydrogens (primary N) is 1. The number of hydrogen-bond acceptors (Lipinski definition) is 7. The van der Waals surface area contributed by atoms with Crippen LogP contribution in [0.15, 0.2) is 52.2 Å². The highest BCUT2D eigenvalue weighted by atomic mass is 19.1. The zero-order chi connectivity index (χ0) is 27.1. The molecule has 0 unspecified atom stereocenters. The van der Waals surface area contributed by atoms with Gasteiger partial charge in [0.25, 0.3) is 0 Å². The smallest absolute Gasteiger partial charge is 0.231 e. The highest BCUT2D eigenvalue weighted by Crippen LogP contribution is 2.27. The van der Waals surface area contributed by atoms with E-state index in [9.17, 15) is 9.18 Å². The van der Waals surface area contributed by atoms with Crippen molar-refractivity contribution in [1.82, 2.24) is 25.0 Å². The van der Waals surface area contributed by atoms with E-state index in [0.29, 0.717) is 54.6 Å². The fraction of sp³-hybridized carbons (Fsp3) is 0.308. The monoisotopic (exact) mass is 521 g/mol. The number of aromatic nitrogens is 3. The van der Waals surface area contributed by atoms with Crippen LogP contribution in [0.4, 0.5) is 10.2 Å². The quantitative estimate of drug-likeness (QED) is 0.239. The standard InChI is InChI=1S/C26H32FN9O2/c1-4-5-18-13-24(34-33-18)32-23(29-3)14-25(36-10-8-35(9-11-36)15-22(28)37)30-16-38-21-7-6-20-19(26(21)27)12-17(2)31-20/h4-7,12-14,31H,3,8-11,15-16H2,1-2H3,(H2,28,37)(H2,32,33,34)/b5-4+,23-14+,30-25+. The Kier molecular flexibility index (Phi) is 8.54. The molecule has 0 aliphatic carbocycles. The van der Waals surface area contributed by atoms with Crippen LogP contribution in [-0.4, -0.2) is 82.9 Å². The van der Waals surface area contributed by atoms with Gasteiger partial charge in [-0.15, -0.1) is 0 Å². The lowest BCUT2D eigenvalue weighted by Gasteiger charge is -2.35. The Hall–Kier alpha value is -4.45. The van der Waals surface area contributed by atoms with Crippen LogP contribution in [0, 0.1) is 12.7 Å². The number of nitrogens with one attached hydrogen (secondary N) is 3. The molecule has 1 amide bonds. The summed E-state index contributed by atoms with van der Waals surface area (Å²) in [5, 5.41) is 10.7. The summed E-state index contributed by atoms with van der Waals surface area (Å²) in [6.07, 6.45) is 5.53. The maximum absolute atomic E-state index is 15.0. The minimum absolute atomic E-state index is 0.114. The summed E-state index contributed by atoms with van der Waals surface area (Å²) in [5.74, 6) is 0.874. The normalized spacial score (nSPS) is 15.4. The number of piperazine rings is 1. The fourth-order valence-corrected chi connectivity index (χ4v) is 4.20. The summed E-state index contributed by atoms with van der Waals surface area (Å²) in [4.78, 5) is 27.1. The molecule has 1 saturated heterocycles. The Labute approximate surface area is 220 Å². The molecule has 38 heavy (non-hydrogen) atoms. The molecule has 0 saturated carbocycles. The number of aryl methyl sites for hydroxylation is 1. The highest BCUT2D eigenvalue weighted by molar-refractivity contribution is 5.94. The predicted octanol–water partition coefficient (Wildman–Crippen LogP) is 2.86. The van der Waals surface area contributed by atoms with Crippen molar-refractivity contribution in [2.45, 2.75) is 13.8 Å². The minimum atomic E-state index is -0.440. The van der Waals surface area contributed by atoms with Crippen LogP contribution in [0.5, 0.6) is 5.75 Å². The third-order valence-electron chi connectivity index (χ3n) is 6.00. The van der Waals surface area contributed by atoms with Crippen LogP contribution in [0.3, 0.4) is 0 Å². The van der Waals surface area contributed by atoms with Gasteiger partial charge in [0.05, 0.1) is 12.2 Å². The van der Waals surface area contributed by atoms with Gasteiger partial charge < -0.3 is 25.7 Å². The van der Waals surface area contributed by atoms with E-state index in [0.717, 1.165) is 11.4 Å². The number of fused-ring (bicyclic) bond motifs is 1. The lowest BCUT2D eigenvalue weighted by Crippen LogP contribution is -2.50. The maximum atomic E-state index is 15.0. The summed E-state index contributed by atoms with van der Waals surface area (Å²) in [7, 11) is 0. The van der Waals surface area contributed by atoms with Gasteiger partial charge in [-0.2, -0.15) is 5.10 Å². The summed E-state index contributed by atoms with van der Waals surface area (Å²) in [6.45, 7) is 10.0. The van der Waals surface area contributed by atoms with Gasteiger partial charge in [0.2, 0.25) is 5.91 Å². The average molecular weight is 522 g/mol. The number of amides is 1. The molecule has 1 aliphatic rings. The molecule has 1 aromatic carbocycles. The van der Waals surface area contributed by atoms with Crippen molar-refractivity contribution in [2.24, 2.45) is 15.7 Å². The maximum Gasteiger partial charge on any atom is 0.231 e. The van der Waals surface area contributed by atoms with Crippen LogP contribution in [0.25, 0.3) is 17.0 Å². The molecular formula is C26H32FN9O2. The van der Waals surface area contributed by atoms with Crippen molar-refractivity contribution in [3.63, 3.8) is 0 Å². The SMILES string of the molecule is C=N/C(=C\C(=N/COc1ccc2[nH]c(C)cc2c1F)N1CCN(CC(N)=O)CC1)Nc1cc(/C=C/C)[nH]n1. The van der Waals surface area contributed by atoms with Gasteiger partial charge in [0.1, 0.15) is 11.7 Å². The van der Waals surface area contributed by atoms with Crippen molar-refractivity contribution in [2.75, 3.05) is 44.8 Å². The largest absolute Gasteiger partial charge is 0.468 e. The number of allylic oxidation sites excluding steroid dienone is 1. The van der Waals surface area contributed by atoms with Crippen LogP contribution >= 0.6 is 0 Å². The molecule has 0 spiro atoms. The van der Waals surface area contributed by atoms with E-state index in [4.69, 9.17) is 10.5 Å². The summed E-state index contributed by atoms with van der Waals surface area (Å²) in [5.41, 5.74) is 7.75. The van der Waals surface area contributed by atoms with Gasteiger partial charge in [-0.1, -0.05) is 6.08 Å². The molecule has 4 rings (SSSR count). The molecule has 5 N–H and O–H groups in total. The molecular weight excluding hydrogens is 489 g/mol. The molecule has 1 aliphatic heterocycles. The molecule has 2 aromatic heterocycles. The number of primary amides is 1. The number of carbonyl (C=O) groups excluding carboxylic acids is 1. The van der Waals surface area contributed by atoms with E-state index >= 15 is 0 Å². The molecule has 1 fully saturated rings. The Morgan fingerprint density at radius 3 is 2.82 bits per heavy atom. The van der Waals surface area contributed by atoms with Crippen molar-refractivity contribution in [3.05, 3.63) is 59.4 Å². The molecule has 0 radical (unpaired) electrons. The fourth-order valence-electron chi connectivity index (χ4n) is 4.20. The lowest BCUT2D eigenvalue weighted by atomic mass is 10.2. The van der Waals surface area contributed by atoms with Gasteiger partial charge in [-0.25, -0.2) is 14.4 Å². The van der Waals surface area contributed by atoms with Crippen LogP contribution < -0.4 is 15.8 Å². The first kappa shape index (κ1) is 26.6. The molecule has 12 heteroatoms. The number of amidine groups is 1. The molecule has 0 bridgehead atoms. The number of nitrogens with zero attached hydrogens (tertiary/aromatic N) is 5. The zero-order valence-corrected chi connectivity index (χ0v) is 21.5. The first-order valence-electron chi connectivity index (χ1n) is 12.2. The van der Waals surface area contributed by atoms with Gasteiger partial charge in [-0.3, -0.25) is 14.8 Å². The zero-order valence-electron chi connectivity index (χ0n) is 21.5. The number of ether oxygens (including phenoxy) is 1. The van der Waals surface area contributed by atoms with E-state index in [2.05, 4.69) is 37.2 Å². The van der Waals surface area contributed by atoms with Crippen LogP contribution in [0.2, 0.25) is 0 Å².